The Morgan fingerprint density at radius 2 is 2.27 bits per heavy atom. The van der Waals surface area contributed by atoms with Crippen molar-refractivity contribution in [1.29, 1.82) is 0 Å². The minimum Gasteiger partial charge on any atom is -0.381 e. The SMILES string of the molecule is Cc1cc(C(N)C2CCOC2)c(C)nn1. The number of nitrogens with two attached hydrogens (primary N) is 1. The van der Waals surface area contributed by atoms with E-state index in [4.69, 9.17) is 10.5 Å². The number of rotatable bonds is 2. The zero-order valence-corrected chi connectivity index (χ0v) is 9.23. The number of hydrogen-bond donors (Lipinski definition) is 1. The van der Waals surface area contributed by atoms with E-state index in [9.17, 15) is 0 Å². The van der Waals surface area contributed by atoms with E-state index in [1.54, 1.807) is 0 Å². The molecular formula is C11H17N3O. The fourth-order valence-corrected chi connectivity index (χ4v) is 2.00. The van der Waals surface area contributed by atoms with Crippen LogP contribution in [0.2, 0.25) is 0 Å². The van der Waals surface area contributed by atoms with Crippen molar-refractivity contribution >= 4 is 0 Å². The van der Waals surface area contributed by atoms with Crippen LogP contribution in [0.15, 0.2) is 6.07 Å². The van der Waals surface area contributed by atoms with Gasteiger partial charge in [0, 0.05) is 18.6 Å². The first kappa shape index (κ1) is 10.5. The van der Waals surface area contributed by atoms with E-state index < -0.39 is 0 Å². The van der Waals surface area contributed by atoms with E-state index in [0.29, 0.717) is 5.92 Å². The number of aromatic nitrogens is 2. The average molecular weight is 207 g/mol. The van der Waals surface area contributed by atoms with E-state index in [-0.39, 0.29) is 6.04 Å². The first-order valence-electron chi connectivity index (χ1n) is 5.32. The highest BCUT2D eigenvalue weighted by Gasteiger charge is 2.25. The molecule has 1 saturated heterocycles. The summed E-state index contributed by atoms with van der Waals surface area (Å²) in [6.45, 7) is 5.49. The minimum absolute atomic E-state index is 0.0294. The van der Waals surface area contributed by atoms with Crippen molar-refractivity contribution in [3.8, 4) is 0 Å². The van der Waals surface area contributed by atoms with Crippen LogP contribution in [0.25, 0.3) is 0 Å². The van der Waals surface area contributed by atoms with Crippen molar-refractivity contribution in [3.63, 3.8) is 0 Å². The molecule has 1 aromatic rings. The molecule has 4 heteroatoms. The van der Waals surface area contributed by atoms with Gasteiger partial charge in [-0.1, -0.05) is 0 Å². The van der Waals surface area contributed by atoms with Gasteiger partial charge in [-0.2, -0.15) is 10.2 Å². The van der Waals surface area contributed by atoms with E-state index in [0.717, 1.165) is 36.6 Å². The zero-order chi connectivity index (χ0) is 10.8. The zero-order valence-electron chi connectivity index (χ0n) is 9.23. The van der Waals surface area contributed by atoms with Gasteiger partial charge in [0.2, 0.25) is 0 Å². The molecule has 1 aliphatic rings. The number of aryl methyl sites for hydroxylation is 2. The fourth-order valence-electron chi connectivity index (χ4n) is 2.00. The molecule has 1 aliphatic heterocycles. The van der Waals surface area contributed by atoms with Crippen molar-refractivity contribution in [3.05, 3.63) is 23.0 Å². The third-order valence-corrected chi connectivity index (χ3v) is 2.97. The van der Waals surface area contributed by atoms with Gasteiger partial charge < -0.3 is 10.5 Å². The van der Waals surface area contributed by atoms with Gasteiger partial charge in [-0.15, -0.1) is 0 Å². The third-order valence-electron chi connectivity index (χ3n) is 2.97. The monoisotopic (exact) mass is 207 g/mol. The molecule has 82 valence electrons. The van der Waals surface area contributed by atoms with Crippen LogP contribution in [0.5, 0.6) is 0 Å². The quantitative estimate of drug-likeness (QED) is 0.789. The maximum absolute atomic E-state index is 6.22. The Bertz CT molecular complexity index is 348. The highest BCUT2D eigenvalue weighted by molar-refractivity contribution is 5.24. The summed E-state index contributed by atoms with van der Waals surface area (Å²) in [5, 5.41) is 8.11. The van der Waals surface area contributed by atoms with Crippen molar-refractivity contribution < 1.29 is 4.74 Å². The number of ether oxygens (including phenoxy) is 1. The molecule has 2 unspecified atom stereocenters. The molecule has 1 aromatic heterocycles. The summed E-state index contributed by atoms with van der Waals surface area (Å²) in [7, 11) is 0. The first-order valence-corrected chi connectivity index (χ1v) is 5.32. The Hall–Kier alpha value is -1.00. The smallest absolute Gasteiger partial charge is 0.0648 e. The molecule has 0 amide bonds. The van der Waals surface area contributed by atoms with E-state index >= 15 is 0 Å². The molecule has 2 atom stereocenters. The fraction of sp³-hybridized carbons (Fsp3) is 0.636. The Morgan fingerprint density at radius 1 is 1.47 bits per heavy atom. The summed E-state index contributed by atoms with van der Waals surface area (Å²) >= 11 is 0. The van der Waals surface area contributed by atoms with E-state index in [2.05, 4.69) is 10.2 Å². The molecule has 4 nitrogen and oxygen atoms in total. The topological polar surface area (TPSA) is 61.0 Å². The van der Waals surface area contributed by atoms with Gasteiger partial charge in [0.1, 0.15) is 0 Å². The lowest BCUT2D eigenvalue weighted by molar-refractivity contribution is 0.181. The van der Waals surface area contributed by atoms with Gasteiger partial charge in [0.15, 0.2) is 0 Å². The minimum atomic E-state index is 0.0294. The molecule has 0 radical (unpaired) electrons. The molecule has 0 aromatic carbocycles. The second-order valence-electron chi connectivity index (χ2n) is 4.18. The van der Waals surface area contributed by atoms with Crippen LogP contribution in [0.1, 0.15) is 29.4 Å². The van der Waals surface area contributed by atoms with Gasteiger partial charge >= 0.3 is 0 Å². The highest BCUT2D eigenvalue weighted by atomic mass is 16.5. The standard InChI is InChI=1S/C11H17N3O/c1-7-5-10(8(2)14-13-7)11(12)9-3-4-15-6-9/h5,9,11H,3-4,6,12H2,1-2H3. The maximum atomic E-state index is 6.22. The molecule has 0 aliphatic carbocycles. The van der Waals surface area contributed by atoms with Gasteiger partial charge in [0.25, 0.3) is 0 Å². The largest absolute Gasteiger partial charge is 0.381 e. The predicted octanol–water partition coefficient (Wildman–Crippen LogP) is 1.13. The molecule has 15 heavy (non-hydrogen) atoms. The second-order valence-corrected chi connectivity index (χ2v) is 4.18. The summed E-state index contributed by atoms with van der Waals surface area (Å²) in [6.07, 6.45) is 1.04. The predicted molar refractivity (Wildman–Crippen MR) is 57.4 cm³/mol. The summed E-state index contributed by atoms with van der Waals surface area (Å²) in [5.41, 5.74) is 9.18. The van der Waals surface area contributed by atoms with Gasteiger partial charge in [0.05, 0.1) is 18.0 Å². The number of nitrogens with zero attached hydrogens (tertiary/aromatic N) is 2. The molecule has 0 bridgehead atoms. The second kappa shape index (κ2) is 4.24. The van der Waals surface area contributed by atoms with Crippen molar-refractivity contribution in [2.75, 3.05) is 13.2 Å². The molecule has 2 heterocycles. The lowest BCUT2D eigenvalue weighted by Gasteiger charge is -2.19. The van der Waals surface area contributed by atoms with Crippen molar-refractivity contribution in [2.45, 2.75) is 26.3 Å². The molecule has 2 N–H and O–H groups in total. The summed E-state index contributed by atoms with van der Waals surface area (Å²) < 4.78 is 5.35. The molecule has 2 rings (SSSR count). The third kappa shape index (κ3) is 2.16. The summed E-state index contributed by atoms with van der Waals surface area (Å²) in [4.78, 5) is 0. The Labute approximate surface area is 89.8 Å². The van der Waals surface area contributed by atoms with Crippen LogP contribution in [-0.2, 0) is 4.74 Å². The van der Waals surface area contributed by atoms with Crippen molar-refractivity contribution in [1.82, 2.24) is 10.2 Å². The molecule has 1 fully saturated rings. The van der Waals surface area contributed by atoms with Crippen LogP contribution in [0, 0.1) is 19.8 Å². The Kier molecular flexibility index (Phi) is 2.98. The summed E-state index contributed by atoms with van der Waals surface area (Å²) in [5.74, 6) is 0.423. The van der Waals surface area contributed by atoms with Gasteiger partial charge in [-0.3, -0.25) is 0 Å². The average Bonchev–Trinajstić information content (AvgIpc) is 2.74. The van der Waals surface area contributed by atoms with Crippen molar-refractivity contribution in [2.24, 2.45) is 11.7 Å². The Morgan fingerprint density at radius 3 is 2.93 bits per heavy atom. The Balaban J connectivity index is 2.23. The van der Waals surface area contributed by atoms with Crippen LogP contribution >= 0.6 is 0 Å². The lowest BCUT2D eigenvalue weighted by Crippen LogP contribution is -2.23. The normalized spacial score (nSPS) is 23.0. The molecular weight excluding hydrogens is 190 g/mol. The molecule has 0 spiro atoms. The van der Waals surface area contributed by atoms with E-state index in [1.807, 2.05) is 19.9 Å². The van der Waals surface area contributed by atoms with Crippen LogP contribution in [0.3, 0.4) is 0 Å². The highest BCUT2D eigenvalue weighted by Crippen LogP contribution is 2.27. The van der Waals surface area contributed by atoms with Crippen LogP contribution in [-0.4, -0.2) is 23.4 Å². The van der Waals surface area contributed by atoms with Crippen LogP contribution in [0.4, 0.5) is 0 Å². The maximum Gasteiger partial charge on any atom is 0.0648 e. The lowest BCUT2D eigenvalue weighted by atomic mass is 9.92. The van der Waals surface area contributed by atoms with Crippen LogP contribution < -0.4 is 5.73 Å². The summed E-state index contributed by atoms with van der Waals surface area (Å²) in [6, 6.07) is 2.06. The van der Waals surface area contributed by atoms with E-state index in [1.165, 1.54) is 0 Å². The number of hydrogen-bond acceptors (Lipinski definition) is 4. The first-order chi connectivity index (χ1) is 7.18. The van der Waals surface area contributed by atoms with Gasteiger partial charge in [-0.25, -0.2) is 0 Å². The molecule has 0 saturated carbocycles. The van der Waals surface area contributed by atoms with Gasteiger partial charge in [-0.05, 0) is 31.9 Å².